The summed E-state index contributed by atoms with van der Waals surface area (Å²) < 4.78 is 33.8. The zero-order chi connectivity index (χ0) is 16.2. The topological polar surface area (TPSA) is 81.4 Å². The van der Waals surface area contributed by atoms with Crippen LogP contribution in [0.3, 0.4) is 0 Å². The highest BCUT2D eigenvalue weighted by Crippen LogP contribution is 2.29. The fourth-order valence-electron chi connectivity index (χ4n) is 2.95. The molecule has 0 aliphatic heterocycles. The lowest BCUT2D eigenvalue weighted by atomic mass is 9.84. The largest absolute Gasteiger partial charge is 0.497 e. The Balaban J connectivity index is 0.00000264. The van der Waals surface area contributed by atoms with E-state index in [9.17, 15) is 8.42 Å². The van der Waals surface area contributed by atoms with Crippen LogP contribution < -0.4 is 15.2 Å². The molecule has 1 unspecified atom stereocenters. The zero-order valence-electron chi connectivity index (χ0n) is 13.1. The summed E-state index contributed by atoms with van der Waals surface area (Å²) >= 11 is 3.30. The van der Waals surface area contributed by atoms with Crippen molar-refractivity contribution in [1.29, 1.82) is 0 Å². The molecular weight excluding hydrogens is 404 g/mol. The highest BCUT2D eigenvalue weighted by molar-refractivity contribution is 9.10. The van der Waals surface area contributed by atoms with E-state index < -0.39 is 10.0 Å². The molecule has 0 heterocycles. The molecule has 1 fully saturated rings. The lowest BCUT2D eigenvalue weighted by molar-refractivity contribution is 0.294. The van der Waals surface area contributed by atoms with E-state index in [2.05, 4.69) is 20.7 Å². The van der Waals surface area contributed by atoms with Gasteiger partial charge in [-0.25, -0.2) is 13.1 Å². The molecule has 1 aromatic carbocycles. The molecule has 0 aromatic heterocycles. The van der Waals surface area contributed by atoms with E-state index in [1.165, 1.54) is 19.6 Å². The number of benzene rings is 1. The maximum Gasteiger partial charge on any atom is 0.242 e. The molecule has 23 heavy (non-hydrogen) atoms. The van der Waals surface area contributed by atoms with E-state index in [1.54, 1.807) is 12.1 Å². The second-order valence-corrected chi connectivity index (χ2v) is 8.19. The van der Waals surface area contributed by atoms with Crippen molar-refractivity contribution in [3.8, 4) is 5.75 Å². The maximum absolute atomic E-state index is 12.7. The molecule has 3 N–H and O–H groups in total. The Morgan fingerprint density at radius 1 is 1.35 bits per heavy atom. The van der Waals surface area contributed by atoms with Gasteiger partial charge in [-0.1, -0.05) is 19.3 Å². The van der Waals surface area contributed by atoms with E-state index in [1.807, 2.05) is 0 Å². The van der Waals surface area contributed by atoms with E-state index >= 15 is 0 Å². The van der Waals surface area contributed by atoms with Gasteiger partial charge < -0.3 is 10.5 Å². The van der Waals surface area contributed by atoms with Gasteiger partial charge in [0.05, 0.1) is 12.0 Å². The lowest BCUT2D eigenvalue weighted by Gasteiger charge is -2.30. The van der Waals surface area contributed by atoms with E-state index in [0.717, 1.165) is 25.7 Å². The predicted octanol–water partition coefficient (Wildman–Crippen LogP) is 3.07. The number of halogens is 2. The third-order valence-corrected chi connectivity index (χ3v) is 6.69. The first-order chi connectivity index (χ1) is 10.5. The van der Waals surface area contributed by atoms with Gasteiger partial charge in [-0.2, -0.15) is 0 Å². The van der Waals surface area contributed by atoms with Crippen LogP contribution in [-0.2, 0) is 10.0 Å². The highest BCUT2D eigenvalue weighted by Gasteiger charge is 2.28. The molecule has 0 bridgehead atoms. The monoisotopic (exact) mass is 426 g/mol. The molecule has 0 spiro atoms. The standard InChI is InChI=1S/C15H23BrN2O3S.ClH/c1-21-12-7-8-13(16)15(9-12)22(19,20)18-14(10-17)11-5-3-2-4-6-11;/h7-9,11,14,18H,2-6,10,17H2,1H3;1H. The van der Waals surface area contributed by atoms with Crippen molar-refractivity contribution >= 4 is 38.4 Å². The fourth-order valence-corrected chi connectivity index (χ4v) is 5.25. The Labute approximate surface area is 152 Å². The number of hydrogen-bond donors (Lipinski definition) is 2. The van der Waals surface area contributed by atoms with Crippen LogP contribution in [0.25, 0.3) is 0 Å². The minimum atomic E-state index is -3.64. The van der Waals surface area contributed by atoms with Crippen LogP contribution in [-0.4, -0.2) is 28.1 Å². The molecule has 0 saturated heterocycles. The number of hydrogen-bond acceptors (Lipinski definition) is 4. The van der Waals surface area contributed by atoms with Crippen molar-refractivity contribution in [1.82, 2.24) is 4.72 Å². The first-order valence-electron chi connectivity index (χ1n) is 7.54. The van der Waals surface area contributed by atoms with Gasteiger partial charge in [0.25, 0.3) is 0 Å². The summed E-state index contributed by atoms with van der Waals surface area (Å²) in [6, 6.07) is 4.68. The predicted molar refractivity (Wildman–Crippen MR) is 97.7 cm³/mol. The second kappa shape index (κ2) is 9.22. The average molecular weight is 428 g/mol. The molecule has 8 heteroatoms. The van der Waals surface area contributed by atoms with Crippen molar-refractivity contribution in [3.05, 3.63) is 22.7 Å². The van der Waals surface area contributed by atoms with Gasteiger partial charge in [-0.05, 0) is 46.8 Å². The number of rotatable bonds is 6. The van der Waals surface area contributed by atoms with Crippen molar-refractivity contribution in [3.63, 3.8) is 0 Å². The number of sulfonamides is 1. The second-order valence-electron chi connectivity index (χ2n) is 5.66. The van der Waals surface area contributed by atoms with E-state index in [0.29, 0.717) is 22.7 Å². The fraction of sp³-hybridized carbons (Fsp3) is 0.600. The quantitative estimate of drug-likeness (QED) is 0.731. The summed E-state index contributed by atoms with van der Waals surface area (Å²) in [4.78, 5) is 0.182. The van der Waals surface area contributed by atoms with Gasteiger partial charge in [0.1, 0.15) is 5.75 Å². The number of methoxy groups -OCH3 is 1. The highest BCUT2D eigenvalue weighted by atomic mass is 79.9. The Morgan fingerprint density at radius 2 is 2.00 bits per heavy atom. The van der Waals surface area contributed by atoms with Crippen molar-refractivity contribution in [2.24, 2.45) is 11.7 Å². The molecule has 0 radical (unpaired) electrons. The van der Waals surface area contributed by atoms with E-state index in [-0.39, 0.29) is 23.3 Å². The molecule has 0 amide bonds. The first-order valence-corrected chi connectivity index (χ1v) is 9.81. The molecule has 1 saturated carbocycles. The molecule has 1 aromatic rings. The lowest BCUT2D eigenvalue weighted by Crippen LogP contribution is -2.45. The summed E-state index contributed by atoms with van der Waals surface area (Å²) in [6.07, 6.45) is 5.58. The summed E-state index contributed by atoms with van der Waals surface area (Å²) in [5.41, 5.74) is 5.82. The van der Waals surface area contributed by atoms with Gasteiger partial charge >= 0.3 is 0 Å². The SMILES string of the molecule is COc1ccc(Br)c(S(=O)(=O)NC(CN)C2CCCCC2)c1.Cl. The zero-order valence-corrected chi connectivity index (χ0v) is 16.3. The van der Waals surface area contributed by atoms with E-state index in [4.69, 9.17) is 10.5 Å². The molecule has 5 nitrogen and oxygen atoms in total. The Bertz CT molecular complexity index is 607. The van der Waals surface area contributed by atoms with Crippen LogP contribution in [0, 0.1) is 5.92 Å². The summed E-state index contributed by atoms with van der Waals surface area (Å²) in [5.74, 6) is 0.823. The van der Waals surface area contributed by atoms with Gasteiger partial charge in [-0.3, -0.25) is 0 Å². The molecule has 2 rings (SSSR count). The summed E-state index contributed by atoms with van der Waals surface area (Å²) in [6.45, 7) is 0.311. The first kappa shape index (κ1) is 20.7. The van der Waals surface area contributed by atoms with Crippen molar-refractivity contribution < 1.29 is 13.2 Å². The molecule has 132 valence electrons. The maximum atomic E-state index is 12.7. The van der Waals surface area contributed by atoms with Gasteiger partial charge in [-0.15, -0.1) is 12.4 Å². The van der Waals surface area contributed by atoms with Crippen LogP contribution in [0.15, 0.2) is 27.6 Å². The molecular formula is C15H24BrClN2O3S. The Morgan fingerprint density at radius 3 is 2.57 bits per heavy atom. The Kier molecular flexibility index (Phi) is 8.30. The van der Waals surface area contributed by atoms with Crippen LogP contribution in [0.4, 0.5) is 0 Å². The minimum absolute atomic E-state index is 0. The normalized spacial score (nSPS) is 17.3. The number of ether oxygens (including phenoxy) is 1. The molecule has 1 aliphatic rings. The third kappa shape index (κ3) is 5.32. The smallest absolute Gasteiger partial charge is 0.242 e. The summed E-state index contributed by atoms with van der Waals surface area (Å²) in [7, 11) is -2.13. The van der Waals surface area contributed by atoms with Crippen molar-refractivity contribution in [2.75, 3.05) is 13.7 Å². The number of nitrogens with two attached hydrogens (primary N) is 1. The van der Waals surface area contributed by atoms with Crippen LogP contribution in [0.1, 0.15) is 32.1 Å². The summed E-state index contributed by atoms with van der Waals surface area (Å²) in [5, 5.41) is 0. The van der Waals surface area contributed by atoms with Crippen molar-refractivity contribution in [2.45, 2.75) is 43.0 Å². The van der Waals surface area contributed by atoms with Crippen LogP contribution in [0.2, 0.25) is 0 Å². The minimum Gasteiger partial charge on any atom is -0.497 e. The third-order valence-electron chi connectivity index (χ3n) is 4.21. The molecule has 1 aliphatic carbocycles. The van der Waals surface area contributed by atoms with Gasteiger partial charge in [0, 0.05) is 23.1 Å². The molecule has 1 atom stereocenters. The van der Waals surface area contributed by atoms with Gasteiger partial charge in [0.15, 0.2) is 0 Å². The Hall–Kier alpha value is -0.340. The average Bonchev–Trinajstić information content (AvgIpc) is 2.53. The van der Waals surface area contributed by atoms with Crippen LogP contribution in [0.5, 0.6) is 5.75 Å². The number of nitrogens with one attached hydrogen (secondary N) is 1. The van der Waals surface area contributed by atoms with Crippen LogP contribution >= 0.6 is 28.3 Å². The van der Waals surface area contributed by atoms with Gasteiger partial charge in [0.2, 0.25) is 10.0 Å².